The standard InChI is InChI=1S/C16H18N6O3/c1-10-9-12(20-25-10)16(23)21-7-5-11(6-8-21)15-18-17-13-3-4-14(24-2)19-22(13)15/h3-4,9,11H,5-8H2,1-2H3. The van der Waals surface area contributed by atoms with E-state index < -0.39 is 0 Å². The molecule has 1 amide bonds. The number of carbonyl (C=O) groups is 1. The Hall–Kier alpha value is -2.97. The summed E-state index contributed by atoms with van der Waals surface area (Å²) in [5.74, 6) is 2.05. The summed E-state index contributed by atoms with van der Waals surface area (Å²) in [7, 11) is 1.58. The molecule has 1 aliphatic rings. The third-order valence-electron chi connectivity index (χ3n) is 4.47. The van der Waals surface area contributed by atoms with Gasteiger partial charge in [-0.15, -0.1) is 15.3 Å². The number of hydrogen-bond donors (Lipinski definition) is 0. The minimum absolute atomic E-state index is 0.0961. The molecule has 3 aromatic heterocycles. The average molecular weight is 342 g/mol. The Bertz CT molecular complexity index is 910. The fourth-order valence-electron chi connectivity index (χ4n) is 3.12. The largest absolute Gasteiger partial charge is 0.480 e. The lowest BCUT2D eigenvalue weighted by Gasteiger charge is -2.30. The highest BCUT2D eigenvalue weighted by molar-refractivity contribution is 5.92. The van der Waals surface area contributed by atoms with Crippen molar-refractivity contribution in [2.24, 2.45) is 0 Å². The summed E-state index contributed by atoms with van der Waals surface area (Å²) < 4.78 is 11.9. The highest BCUT2D eigenvalue weighted by Gasteiger charge is 2.29. The molecule has 0 aromatic carbocycles. The lowest BCUT2D eigenvalue weighted by Crippen LogP contribution is -2.38. The van der Waals surface area contributed by atoms with E-state index in [1.54, 1.807) is 35.6 Å². The van der Waals surface area contributed by atoms with E-state index in [0.29, 0.717) is 36.1 Å². The van der Waals surface area contributed by atoms with Crippen LogP contribution in [0.5, 0.6) is 5.88 Å². The number of aryl methyl sites for hydroxylation is 1. The van der Waals surface area contributed by atoms with E-state index in [2.05, 4.69) is 20.5 Å². The molecule has 1 aliphatic heterocycles. The summed E-state index contributed by atoms with van der Waals surface area (Å²) in [5, 5.41) is 16.7. The van der Waals surface area contributed by atoms with Crippen LogP contribution in [0.3, 0.4) is 0 Å². The molecule has 0 bridgehead atoms. The number of piperidine rings is 1. The molecule has 25 heavy (non-hydrogen) atoms. The van der Waals surface area contributed by atoms with Crippen molar-refractivity contribution in [1.82, 2.24) is 29.9 Å². The number of aromatic nitrogens is 5. The zero-order chi connectivity index (χ0) is 17.4. The van der Waals surface area contributed by atoms with Gasteiger partial charge in [0, 0.05) is 31.1 Å². The van der Waals surface area contributed by atoms with E-state index in [0.717, 1.165) is 18.7 Å². The van der Waals surface area contributed by atoms with Gasteiger partial charge in [0.25, 0.3) is 5.91 Å². The number of rotatable bonds is 3. The van der Waals surface area contributed by atoms with Crippen LogP contribution in [-0.2, 0) is 0 Å². The van der Waals surface area contributed by atoms with Crippen LogP contribution in [-0.4, -0.2) is 56.0 Å². The van der Waals surface area contributed by atoms with Crippen molar-refractivity contribution in [3.05, 3.63) is 35.5 Å². The number of ether oxygens (including phenoxy) is 1. The topological polar surface area (TPSA) is 98.7 Å². The minimum atomic E-state index is -0.0961. The van der Waals surface area contributed by atoms with E-state index in [-0.39, 0.29) is 11.8 Å². The molecule has 1 saturated heterocycles. The van der Waals surface area contributed by atoms with Gasteiger partial charge in [-0.25, -0.2) is 0 Å². The number of amides is 1. The van der Waals surface area contributed by atoms with E-state index in [4.69, 9.17) is 9.26 Å². The van der Waals surface area contributed by atoms with E-state index >= 15 is 0 Å². The van der Waals surface area contributed by atoms with Crippen molar-refractivity contribution >= 4 is 11.6 Å². The Labute approximate surface area is 143 Å². The highest BCUT2D eigenvalue weighted by Crippen LogP contribution is 2.27. The molecular formula is C16H18N6O3. The number of hydrogen-bond acceptors (Lipinski definition) is 7. The minimum Gasteiger partial charge on any atom is -0.480 e. The van der Waals surface area contributed by atoms with Gasteiger partial charge in [0.05, 0.1) is 7.11 Å². The second kappa shape index (κ2) is 6.15. The lowest BCUT2D eigenvalue weighted by atomic mass is 9.96. The molecule has 0 saturated carbocycles. The first-order valence-electron chi connectivity index (χ1n) is 8.14. The third-order valence-corrected chi connectivity index (χ3v) is 4.47. The number of methoxy groups -OCH3 is 1. The number of nitrogens with zero attached hydrogens (tertiary/aromatic N) is 6. The molecule has 9 heteroatoms. The number of fused-ring (bicyclic) bond motifs is 1. The van der Waals surface area contributed by atoms with E-state index in [9.17, 15) is 4.79 Å². The normalized spacial score (nSPS) is 15.7. The number of likely N-dealkylation sites (tertiary alicyclic amines) is 1. The first kappa shape index (κ1) is 15.6. The molecule has 130 valence electrons. The summed E-state index contributed by atoms with van der Waals surface area (Å²) >= 11 is 0. The predicted octanol–water partition coefficient (Wildman–Crippen LogP) is 1.45. The first-order valence-corrected chi connectivity index (χ1v) is 8.14. The summed E-state index contributed by atoms with van der Waals surface area (Å²) in [6, 6.07) is 5.25. The summed E-state index contributed by atoms with van der Waals surface area (Å²) in [6.07, 6.45) is 1.59. The van der Waals surface area contributed by atoms with Gasteiger partial charge in [-0.3, -0.25) is 4.79 Å². The molecule has 0 N–H and O–H groups in total. The highest BCUT2D eigenvalue weighted by atomic mass is 16.5. The maximum atomic E-state index is 12.4. The van der Waals surface area contributed by atoms with Crippen molar-refractivity contribution in [1.29, 1.82) is 0 Å². The molecular weight excluding hydrogens is 324 g/mol. The molecule has 9 nitrogen and oxygen atoms in total. The van der Waals surface area contributed by atoms with Gasteiger partial charge in [0.15, 0.2) is 17.2 Å². The van der Waals surface area contributed by atoms with Gasteiger partial charge >= 0.3 is 0 Å². The van der Waals surface area contributed by atoms with Gasteiger partial charge < -0.3 is 14.2 Å². The van der Waals surface area contributed by atoms with Gasteiger partial charge in [0.2, 0.25) is 5.88 Å². The van der Waals surface area contributed by atoms with Crippen LogP contribution in [0.25, 0.3) is 5.65 Å². The van der Waals surface area contributed by atoms with Crippen LogP contribution in [0.4, 0.5) is 0 Å². The average Bonchev–Trinajstić information content (AvgIpc) is 3.27. The van der Waals surface area contributed by atoms with Crippen LogP contribution >= 0.6 is 0 Å². The summed E-state index contributed by atoms with van der Waals surface area (Å²) in [5.41, 5.74) is 1.04. The van der Waals surface area contributed by atoms with Crippen LogP contribution in [0, 0.1) is 6.92 Å². The van der Waals surface area contributed by atoms with Crippen molar-refractivity contribution < 1.29 is 14.1 Å². The fourth-order valence-corrected chi connectivity index (χ4v) is 3.12. The van der Waals surface area contributed by atoms with Gasteiger partial charge in [-0.2, -0.15) is 4.52 Å². The molecule has 3 aromatic rings. The first-order chi connectivity index (χ1) is 12.2. The van der Waals surface area contributed by atoms with Crippen molar-refractivity contribution in [2.45, 2.75) is 25.7 Å². The van der Waals surface area contributed by atoms with Gasteiger partial charge in [-0.1, -0.05) is 5.16 Å². The van der Waals surface area contributed by atoms with Crippen molar-refractivity contribution in [3.8, 4) is 5.88 Å². The monoisotopic (exact) mass is 342 g/mol. The lowest BCUT2D eigenvalue weighted by molar-refractivity contribution is 0.0700. The SMILES string of the molecule is COc1ccc2nnc(C3CCN(C(=O)c4cc(C)on4)CC3)n2n1. The predicted molar refractivity (Wildman–Crippen MR) is 86.5 cm³/mol. The maximum absolute atomic E-state index is 12.4. The smallest absolute Gasteiger partial charge is 0.276 e. The van der Waals surface area contributed by atoms with Gasteiger partial charge in [-0.05, 0) is 25.8 Å². The Kier molecular flexibility index (Phi) is 3.83. The quantitative estimate of drug-likeness (QED) is 0.710. The molecule has 0 atom stereocenters. The molecule has 1 fully saturated rings. The molecule has 0 aliphatic carbocycles. The molecule has 0 radical (unpaired) electrons. The zero-order valence-corrected chi connectivity index (χ0v) is 14.0. The Morgan fingerprint density at radius 3 is 2.76 bits per heavy atom. The van der Waals surface area contributed by atoms with Crippen LogP contribution in [0.1, 0.15) is 40.8 Å². The van der Waals surface area contributed by atoms with Gasteiger partial charge in [0.1, 0.15) is 5.76 Å². The third kappa shape index (κ3) is 2.81. The summed E-state index contributed by atoms with van der Waals surface area (Å²) in [4.78, 5) is 14.2. The zero-order valence-electron chi connectivity index (χ0n) is 14.0. The van der Waals surface area contributed by atoms with Crippen LogP contribution in [0.15, 0.2) is 22.7 Å². The molecule has 4 heterocycles. The number of carbonyl (C=O) groups excluding carboxylic acids is 1. The van der Waals surface area contributed by atoms with Crippen molar-refractivity contribution in [3.63, 3.8) is 0 Å². The second-order valence-electron chi connectivity index (χ2n) is 6.09. The van der Waals surface area contributed by atoms with E-state index in [1.807, 2.05) is 6.07 Å². The molecule has 0 unspecified atom stereocenters. The van der Waals surface area contributed by atoms with E-state index in [1.165, 1.54) is 0 Å². The Morgan fingerprint density at radius 1 is 1.28 bits per heavy atom. The molecule has 4 rings (SSSR count). The fraction of sp³-hybridized carbons (Fsp3) is 0.438. The van der Waals surface area contributed by atoms with Crippen LogP contribution < -0.4 is 4.74 Å². The summed E-state index contributed by atoms with van der Waals surface area (Å²) in [6.45, 7) is 3.04. The Morgan fingerprint density at radius 2 is 2.08 bits per heavy atom. The Balaban J connectivity index is 1.49. The maximum Gasteiger partial charge on any atom is 0.276 e. The second-order valence-corrected chi connectivity index (χ2v) is 6.09. The molecule has 0 spiro atoms. The van der Waals surface area contributed by atoms with Crippen LogP contribution in [0.2, 0.25) is 0 Å². The van der Waals surface area contributed by atoms with Crippen molar-refractivity contribution in [2.75, 3.05) is 20.2 Å².